The average molecular weight is 379 g/mol. The van der Waals surface area contributed by atoms with Crippen molar-refractivity contribution in [2.45, 2.75) is 31.0 Å². The number of anilines is 1. The Kier molecular flexibility index (Phi) is 4.66. The van der Waals surface area contributed by atoms with E-state index in [0.717, 1.165) is 28.2 Å². The van der Waals surface area contributed by atoms with Gasteiger partial charge in [0.25, 0.3) is 10.0 Å². The Morgan fingerprint density at radius 2 is 2.00 bits per heavy atom. The average Bonchev–Trinajstić information content (AvgIpc) is 3.18. The van der Waals surface area contributed by atoms with Gasteiger partial charge in [-0.3, -0.25) is 9.40 Å². The van der Waals surface area contributed by atoms with Crippen LogP contribution in [0.15, 0.2) is 46.1 Å². The highest BCUT2D eigenvalue weighted by Gasteiger charge is 2.20. The normalized spacial score (nSPS) is 11.9. The minimum atomic E-state index is -3.85. The van der Waals surface area contributed by atoms with Crippen molar-refractivity contribution < 1.29 is 12.8 Å². The van der Waals surface area contributed by atoms with Crippen molar-refractivity contribution in [2.75, 3.05) is 4.72 Å². The molecule has 0 saturated heterocycles. The van der Waals surface area contributed by atoms with E-state index in [1.807, 2.05) is 24.6 Å². The fourth-order valence-electron chi connectivity index (χ4n) is 2.44. The zero-order valence-electron chi connectivity index (χ0n) is 14.0. The number of rotatable bonds is 5. The summed E-state index contributed by atoms with van der Waals surface area (Å²) >= 11 is 1.09. The predicted molar refractivity (Wildman–Crippen MR) is 97.9 cm³/mol. The summed E-state index contributed by atoms with van der Waals surface area (Å²) in [6.07, 6.45) is 1.68. The number of nitrogens with one attached hydrogen (secondary N) is 1. The minimum Gasteiger partial charge on any atom is -0.276 e. The van der Waals surface area contributed by atoms with E-state index in [0.29, 0.717) is 0 Å². The maximum absolute atomic E-state index is 13.9. The molecule has 2 aromatic heterocycles. The molecule has 132 valence electrons. The standard InChI is InChI=1S/C17H18FN3O2S2/c1-11(2)21-16(6-7-19-21)13-9-17(24-10-13)25(22,23)20-15-5-4-12(3)8-14(15)18/h4-11,20H,1-3H3. The Hall–Kier alpha value is -2.19. The van der Waals surface area contributed by atoms with E-state index in [4.69, 9.17) is 0 Å². The number of thiophene rings is 1. The second-order valence-electron chi connectivity index (χ2n) is 6.00. The molecule has 0 aliphatic heterocycles. The number of sulfonamides is 1. The van der Waals surface area contributed by atoms with Gasteiger partial charge in [-0.05, 0) is 50.6 Å². The van der Waals surface area contributed by atoms with Gasteiger partial charge in [0.15, 0.2) is 0 Å². The summed E-state index contributed by atoms with van der Waals surface area (Å²) in [5, 5.41) is 6.02. The van der Waals surface area contributed by atoms with E-state index in [-0.39, 0.29) is 15.9 Å². The fraction of sp³-hybridized carbons (Fsp3) is 0.235. The lowest BCUT2D eigenvalue weighted by atomic mass is 10.2. The Balaban J connectivity index is 1.91. The van der Waals surface area contributed by atoms with Gasteiger partial charge in [0.2, 0.25) is 0 Å². The minimum absolute atomic E-state index is 0.0622. The zero-order valence-corrected chi connectivity index (χ0v) is 15.7. The van der Waals surface area contributed by atoms with Crippen molar-refractivity contribution in [3.8, 4) is 11.3 Å². The lowest BCUT2D eigenvalue weighted by Crippen LogP contribution is -2.12. The van der Waals surface area contributed by atoms with Crippen LogP contribution >= 0.6 is 11.3 Å². The van der Waals surface area contributed by atoms with Gasteiger partial charge in [0.1, 0.15) is 10.0 Å². The molecule has 3 rings (SSSR count). The summed E-state index contributed by atoms with van der Waals surface area (Å²) in [6, 6.07) is 7.94. The van der Waals surface area contributed by atoms with Crippen LogP contribution in [0.3, 0.4) is 0 Å². The number of hydrogen-bond donors (Lipinski definition) is 1. The molecule has 8 heteroatoms. The van der Waals surface area contributed by atoms with Crippen LogP contribution in [0.1, 0.15) is 25.5 Å². The van der Waals surface area contributed by atoms with E-state index in [2.05, 4.69) is 9.82 Å². The van der Waals surface area contributed by atoms with Crippen LogP contribution in [0, 0.1) is 12.7 Å². The maximum atomic E-state index is 13.9. The van der Waals surface area contributed by atoms with Crippen molar-refractivity contribution in [1.82, 2.24) is 9.78 Å². The molecule has 25 heavy (non-hydrogen) atoms. The third-order valence-electron chi connectivity index (χ3n) is 3.66. The van der Waals surface area contributed by atoms with Crippen molar-refractivity contribution in [1.29, 1.82) is 0 Å². The predicted octanol–water partition coefficient (Wildman–Crippen LogP) is 4.44. The maximum Gasteiger partial charge on any atom is 0.271 e. The Morgan fingerprint density at radius 3 is 2.68 bits per heavy atom. The van der Waals surface area contributed by atoms with Gasteiger partial charge in [0, 0.05) is 23.2 Å². The molecule has 0 spiro atoms. The third kappa shape index (κ3) is 3.59. The molecule has 0 aliphatic carbocycles. The van der Waals surface area contributed by atoms with Crippen LogP contribution in [-0.4, -0.2) is 18.2 Å². The molecule has 0 amide bonds. The smallest absolute Gasteiger partial charge is 0.271 e. The molecule has 0 atom stereocenters. The highest BCUT2D eigenvalue weighted by molar-refractivity contribution is 7.94. The lowest BCUT2D eigenvalue weighted by molar-refractivity contribution is 0.538. The second-order valence-corrected chi connectivity index (χ2v) is 8.82. The first-order valence-electron chi connectivity index (χ1n) is 7.69. The van der Waals surface area contributed by atoms with Gasteiger partial charge in [-0.15, -0.1) is 11.3 Å². The van der Waals surface area contributed by atoms with E-state index in [1.54, 1.807) is 30.6 Å². The van der Waals surface area contributed by atoms with Crippen LogP contribution in [0.25, 0.3) is 11.3 Å². The van der Waals surface area contributed by atoms with E-state index in [9.17, 15) is 12.8 Å². The van der Waals surface area contributed by atoms with Crippen molar-refractivity contribution in [3.05, 3.63) is 53.3 Å². The number of nitrogens with zero attached hydrogens (tertiary/aromatic N) is 2. The summed E-state index contributed by atoms with van der Waals surface area (Å²) in [5.74, 6) is -0.599. The molecule has 0 unspecified atom stereocenters. The van der Waals surface area contributed by atoms with E-state index < -0.39 is 15.8 Å². The lowest BCUT2D eigenvalue weighted by Gasteiger charge is -2.09. The second kappa shape index (κ2) is 6.61. The zero-order chi connectivity index (χ0) is 18.2. The van der Waals surface area contributed by atoms with Crippen molar-refractivity contribution >= 4 is 27.0 Å². The molecule has 0 fully saturated rings. The first kappa shape index (κ1) is 17.6. The van der Waals surface area contributed by atoms with Crippen molar-refractivity contribution in [2.24, 2.45) is 0 Å². The molecule has 0 radical (unpaired) electrons. The number of aryl methyl sites for hydroxylation is 1. The van der Waals surface area contributed by atoms with Crippen molar-refractivity contribution in [3.63, 3.8) is 0 Å². The quantitative estimate of drug-likeness (QED) is 0.713. The SMILES string of the molecule is Cc1ccc(NS(=O)(=O)c2cc(-c3ccnn3C(C)C)cs2)c(F)c1. The summed E-state index contributed by atoms with van der Waals surface area (Å²) in [6.45, 7) is 5.75. The Bertz CT molecular complexity index is 1010. The van der Waals surface area contributed by atoms with Gasteiger partial charge in [-0.25, -0.2) is 12.8 Å². The number of benzene rings is 1. The molecule has 1 aromatic carbocycles. The fourth-order valence-corrected chi connectivity index (χ4v) is 4.68. The molecule has 1 N–H and O–H groups in total. The summed E-state index contributed by atoms with van der Waals surface area (Å²) in [7, 11) is -3.85. The first-order chi connectivity index (χ1) is 11.8. The molecular formula is C17H18FN3O2S2. The topological polar surface area (TPSA) is 64.0 Å². The van der Waals surface area contributed by atoms with Gasteiger partial charge >= 0.3 is 0 Å². The third-order valence-corrected chi connectivity index (χ3v) is 6.47. The monoisotopic (exact) mass is 379 g/mol. The summed E-state index contributed by atoms with van der Waals surface area (Å²) < 4.78 is 43.3. The molecule has 5 nitrogen and oxygen atoms in total. The van der Waals surface area contributed by atoms with Crippen LogP contribution in [0.2, 0.25) is 0 Å². The highest BCUT2D eigenvalue weighted by atomic mass is 32.2. The molecule has 0 bridgehead atoms. The van der Waals surface area contributed by atoms with Crippen LogP contribution < -0.4 is 4.72 Å². The van der Waals surface area contributed by atoms with Crippen LogP contribution in [-0.2, 0) is 10.0 Å². The van der Waals surface area contributed by atoms with Gasteiger partial charge in [0.05, 0.1) is 11.4 Å². The largest absolute Gasteiger partial charge is 0.276 e. The summed E-state index contributed by atoms with van der Waals surface area (Å²) in [4.78, 5) is 0. The van der Waals surface area contributed by atoms with Gasteiger partial charge in [-0.2, -0.15) is 5.10 Å². The Morgan fingerprint density at radius 1 is 1.24 bits per heavy atom. The number of hydrogen-bond acceptors (Lipinski definition) is 4. The molecule has 2 heterocycles. The number of halogens is 1. The van der Waals surface area contributed by atoms with E-state index in [1.165, 1.54) is 12.1 Å². The molecule has 3 aromatic rings. The first-order valence-corrected chi connectivity index (χ1v) is 10.1. The summed E-state index contributed by atoms with van der Waals surface area (Å²) in [5.41, 5.74) is 2.27. The molecule has 0 saturated carbocycles. The number of aromatic nitrogens is 2. The van der Waals surface area contributed by atoms with Crippen LogP contribution in [0.5, 0.6) is 0 Å². The van der Waals surface area contributed by atoms with Crippen LogP contribution in [0.4, 0.5) is 10.1 Å². The molecular weight excluding hydrogens is 361 g/mol. The molecule has 0 aliphatic rings. The Labute approximate surface area is 150 Å². The van der Waals surface area contributed by atoms with E-state index >= 15 is 0 Å². The van der Waals surface area contributed by atoms with Gasteiger partial charge < -0.3 is 0 Å². The van der Waals surface area contributed by atoms with Gasteiger partial charge in [-0.1, -0.05) is 6.07 Å². The highest BCUT2D eigenvalue weighted by Crippen LogP contribution is 2.31.